The predicted octanol–water partition coefficient (Wildman–Crippen LogP) is 2.95. The van der Waals surface area contributed by atoms with Gasteiger partial charge in [0, 0.05) is 25.6 Å². The second-order valence-corrected chi connectivity index (χ2v) is 7.68. The summed E-state index contributed by atoms with van der Waals surface area (Å²) in [6.07, 6.45) is 0.842. The quantitative estimate of drug-likeness (QED) is 0.571. The Morgan fingerprint density at radius 2 is 1.55 bits per heavy atom. The molecule has 1 saturated heterocycles. The highest BCUT2D eigenvalue weighted by molar-refractivity contribution is 6.04. The molecule has 3 rings (SSSR count). The number of anilines is 1. The van der Waals surface area contributed by atoms with Crippen molar-refractivity contribution in [2.45, 2.75) is 32.1 Å². The zero-order chi connectivity index (χ0) is 22.4. The summed E-state index contributed by atoms with van der Waals surface area (Å²) in [6.45, 7) is 3.35. The van der Waals surface area contributed by atoms with Crippen LogP contribution >= 0.6 is 0 Å². The lowest BCUT2D eigenvalue weighted by Gasteiger charge is -2.40. The third kappa shape index (κ3) is 4.99. The molecular weight excluding hydrogens is 396 g/mol. The molecule has 1 heterocycles. The maximum atomic E-state index is 13.2. The van der Waals surface area contributed by atoms with Gasteiger partial charge in [-0.1, -0.05) is 42.5 Å². The van der Waals surface area contributed by atoms with E-state index in [2.05, 4.69) is 5.32 Å². The molecule has 0 unspecified atom stereocenters. The summed E-state index contributed by atoms with van der Waals surface area (Å²) >= 11 is 0. The molecule has 7 nitrogen and oxygen atoms in total. The van der Waals surface area contributed by atoms with Crippen molar-refractivity contribution in [3.63, 3.8) is 0 Å². The van der Waals surface area contributed by atoms with E-state index in [0.717, 1.165) is 5.56 Å². The first-order valence-corrected chi connectivity index (χ1v) is 10.2. The number of esters is 1. The molecule has 2 aromatic rings. The Hall–Kier alpha value is -3.48. The van der Waals surface area contributed by atoms with Crippen molar-refractivity contribution in [2.75, 3.05) is 25.0 Å². The Kier molecular flexibility index (Phi) is 6.84. The van der Waals surface area contributed by atoms with E-state index in [-0.39, 0.29) is 11.7 Å². The second kappa shape index (κ2) is 9.55. The standard InChI is InChI=1S/C24H26N2O5/c1-17(27)20-10-6-7-11-21(20)25-22(29)16-31-23(30)24(19-8-4-3-5-9-19)12-14-26(15-13-24)18(2)28/h3-11H,12-16H2,1-2H3,(H,25,29). The molecule has 0 aromatic heterocycles. The number of hydrogen-bond donors (Lipinski definition) is 1. The normalized spacial score (nSPS) is 15.1. The highest BCUT2D eigenvalue weighted by Crippen LogP contribution is 2.37. The van der Waals surface area contributed by atoms with Crippen LogP contribution in [0.15, 0.2) is 54.6 Å². The molecule has 0 saturated carbocycles. The van der Waals surface area contributed by atoms with Gasteiger partial charge in [0.2, 0.25) is 5.91 Å². The van der Waals surface area contributed by atoms with Crippen LogP contribution < -0.4 is 5.32 Å². The minimum absolute atomic E-state index is 0.0291. The van der Waals surface area contributed by atoms with Crippen LogP contribution in [0, 0.1) is 0 Å². The maximum absolute atomic E-state index is 13.2. The minimum Gasteiger partial charge on any atom is -0.455 e. The van der Waals surface area contributed by atoms with E-state index in [0.29, 0.717) is 37.2 Å². The van der Waals surface area contributed by atoms with Crippen molar-refractivity contribution in [2.24, 2.45) is 0 Å². The number of carbonyl (C=O) groups is 4. The summed E-state index contributed by atoms with van der Waals surface area (Å²) in [4.78, 5) is 50.7. The summed E-state index contributed by atoms with van der Waals surface area (Å²) in [5.74, 6) is -1.21. The first-order valence-electron chi connectivity index (χ1n) is 10.2. The van der Waals surface area contributed by atoms with Gasteiger partial charge in [0.05, 0.1) is 11.1 Å². The molecule has 2 amide bonds. The number of carbonyl (C=O) groups excluding carboxylic acids is 4. The van der Waals surface area contributed by atoms with E-state index in [1.807, 2.05) is 30.3 Å². The number of rotatable bonds is 6. The molecule has 1 aliphatic rings. The summed E-state index contributed by atoms with van der Waals surface area (Å²) in [5.41, 5.74) is 0.666. The van der Waals surface area contributed by atoms with Crippen LogP contribution in [0.3, 0.4) is 0 Å². The lowest BCUT2D eigenvalue weighted by Crippen LogP contribution is -2.49. The van der Waals surface area contributed by atoms with Crippen LogP contribution in [0.5, 0.6) is 0 Å². The molecule has 1 N–H and O–H groups in total. The first-order chi connectivity index (χ1) is 14.8. The Morgan fingerprint density at radius 1 is 0.935 bits per heavy atom. The zero-order valence-corrected chi connectivity index (χ0v) is 17.7. The SMILES string of the molecule is CC(=O)c1ccccc1NC(=O)COC(=O)C1(c2ccccc2)CCN(C(C)=O)CC1. The first kappa shape index (κ1) is 22.2. The monoisotopic (exact) mass is 422 g/mol. The second-order valence-electron chi connectivity index (χ2n) is 7.68. The summed E-state index contributed by atoms with van der Waals surface area (Å²) in [6, 6.07) is 16.0. The number of hydrogen-bond acceptors (Lipinski definition) is 5. The predicted molar refractivity (Wildman–Crippen MR) is 116 cm³/mol. The van der Waals surface area contributed by atoms with Gasteiger partial charge in [-0.2, -0.15) is 0 Å². The third-order valence-corrected chi connectivity index (χ3v) is 5.69. The van der Waals surface area contributed by atoms with Crippen molar-refractivity contribution in [1.29, 1.82) is 0 Å². The smallest absolute Gasteiger partial charge is 0.317 e. The molecule has 162 valence electrons. The van der Waals surface area contributed by atoms with E-state index in [9.17, 15) is 19.2 Å². The van der Waals surface area contributed by atoms with Crippen LogP contribution in [0.4, 0.5) is 5.69 Å². The number of nitrogens with one attached hydrogen (secondary N) is 1. The fourth-order valence-corrected chi connectivity index (χ4v) is 3.93. The number of nitrogens with zero attached hydrogens (tertiary/aromatic N) is 1. The van der Waals surface area contributed by atoms with E-state index in [4.69, 9.17) is 4.74 Å². The number of likely N-dealkylation sites (tertiary alicyclic amines) is 1. The molecule has 0 radical (unpaired) electrons. The largest absolute Gasteiger partial charge is 0.455 e. The lowest BCUT2D eigenvalue weighted by molar-refractivity contribution is -0.156. The zero-order valence-electron chi connectivity index (χ0n) is 17.7. The van der Waals surface area contributed by atoms with Gasteiger partial charge in [-0.15, -0.1) is 0 Å². The minimum atomic E-state index is -0.912. The number of benzene rings is 2. The number of ether oxygens (including phenoxy) is 1. The summed E-state index contributed by atoms with van der Waals surface area (Å²) in [7, 11) is 0. The number of piperidine rings is 1. The fourth-order valence-electron chi connectivity index (χ4n) is 3.93. The molecule has 0 atom stereocenters. The molecule has 1 aliphatic heterocycles. The van der Waals surface area contributed by atoms with Crippen LogP contribution in [-0.2, 0) is 24.5 Å². The van der Waals surface area contributed by atoms with Crippen LogP contribution in [0.25, 0.3) is 0 Å². The van der Waals surface area contributed by atoms with Gasteiger partial charge < -0.3 is 15.0 Å². The van der Waals surface area contributed by atoms with Gasteiger partial charge in [-0.05, 0) is 37.5 Å². The van der Waals surface area contributed by atoms with E-state index < -0.39 is 23.9 Å². The molecule has 7 heteroatoms. The van der Waals surface area contributed by atoms with Crippen LogP contribution in [-0.4, -0.2) is 48.2 Å². The highest BCUT2D eigenvalue weighted by atomic mass is 16.5. The molecule has 0 aliphatic carbocycles. The van der Waals surface area contributed by atoms with E-state index >= 15 is 0 Å². The molecule has 1 fully saturated rings. The Labute approximate surface area is 181 Å². The van der Waals surface area contributed by atoms with Gasteiger partial charge in [0.1, 0.15) is 0 Å². The Bertz CT molecular complexity index is 978. The van der Waals surface area contributed by atoms with Crippen molar-refractivity contribution in [3.05, 3.63) is 65.7 Å². The van der Waals surface area contributed by atoms with Gasteiger partial charge in [0.25, 0.3) is 5.91 Å². The summed E-state index contributed by atoms with van der Waals surface area (Å²) in [5, 5.41) is 2.63. The van der Waals surface area contributed by atoms with Crippen molar-refractivity contribution in [3.8, 4) is 0 Å². The number of amides is 2. The average Bonchev–Trinajstić information content (AvgIpc) is 2.78. The van der Waals surface area contributed by atoms with Crippen LogP contribution in [0.1, 0.15) is 42.6 Å². The fraction of sp³-hybridized carbons (Fsp3) is 0.333. The number of ketones is 1. The van der Waals surface area contributed by atoms with Crippen molar-refractivity contribution < 1.29 is 23.9 Å². The molecule has 0 spiro atoms. The van der Waals surface area contributed by atoms with Crippen LogP contribution in [0.2, 0.25) is 0 Å². The van der Waals surface area contributed by atoms with Crippen molar-refractivity contribution >= 4 is 29.3 Å². The van der Waals surface area contributed by atoms with Gasteiger partial charge in [-0.25, -0.2) is 0 Å². The van der Waals surface area contributed by atoms with E-state index in [1.165, 1.54) is 13.8 Å². The Balaban J connectivity index is 1.71. The van der Waals surface area contributed by atoms with Gasteiger partial charge >= 0.3 is 5.97 Å². The van der Waals surface area contributed by atoms with Gasteiger partial charge in [-0.3, -0.25) is 19.2 Å². The topological polar surface area (TPSA) is 92.8 Å². The van der Waals surface area contributed by atoms with Gasteiger partial charge in [0.15, 0.2) is 12.4 Å². The summed E-state index contributed by atoms with van der Waals surface area (Å²) < 4.78 is 5.43. The number of Topliss-reactive ketones (excluding diaryl/α,β-unsaturated/α-hetero) is 1. The van der Waals surface area contributed by atoms with Crippen molar-refractivity contribution in [1.82, 2.24) is 4.90 Å². The Morgan fingerprint density at radius 3 is 2.16 bits per heavy atom. The number of para-hydroxylation sites is 1. The third-order valence-electron chi connectivity index (χ3n) is 5.69. The molecule has 0 bridgehead atoms. The maximum Gasteiger partial charge on any atom is 0.317 e. The average molecular weight is 422 g/mol. The van der Waals surface area contributed by atoms with E-state index in [1.54, 1.807) is 29.2 Å². The molecule has 31 heavy (non-hydrogen) atoms. The highest BCUT2D eigenvalue weighted by Gasteiger charge is 2.44. The molecular formula is C24H26N2O5. The molecule has 2 aromatic carbocycles. The lowest BCUT2D eigenvalue weighted by atomic mass is 9.72.